The molecule has 0 saturated carbocycles. The lowest BCUT2D eigenvalue weighted by Crippen LogP contribution is -2.30. The lowest BCUT2D eigenvalue weighted by Gasteiger charge is -2.13. The van der Waals surface area contributed by atoms with E-state index in [-0.39, 0.29) is 0 Å². The number of aromatic nitrogens is 1. The molecule has 3 N–H and O–H groups in total. The van der Waals surface area contributed by atoms with E-state index in [4.69, 9.17) is 10.5 Å². The molecule has 0 aliphatic rings. The van der Waals surface area contributed by atoms with Gasteiger partial charge in [-0.2, -0.15) is 0 Å². The number of hydrogen-bond donors (Lipinski definition) is 2. The molecule has 2 rings (SSSR count). The van der Waals surface area contributed by atoms with Gasteiger partial charge in [0.05, 0.1) is 5.56 Å². The number of carbonyl (C=O) groups is 2. The van der Waals surface area contributed by atoms with Crippen LogP contribution in [-0.2, 0) is 9.53 Å². The minimum atomic E-state index is -0.914. The molecular weight excluding hydrogens is 270 g/mol. The average molecular weight is 285 g/mol. The van der Waals surface area contributed by atoms with Gasteiger partial charge in [-0.3, -0.25) is 9.78 Å². The maximum absolute atomic E-state index is 11.9. The Morgan fingerprint density at radius 1 is 1.14 bits per heavy atom. The first-order chi connectivity index (χ1) is 10.1. The normalized spacial score (nSPS) is 11.5. The van der Waals surface area contributed by atoms with Crippen molar-refractivity contribution < 1.29 is 14.3 Å². The van der Waals surface area contributed by atoms with Gasteiger partial charge in [0.15, 0.2) is 6.10 Å². The van der Waals surface area contributed by atoms with Crippen molar-refractivity contribution in [3.8, 4) is 0 Å². The summed E-state index contributed by atoms with van der Waals surface area (Å²) in [5.41, 5.74) is 7.02. The third-order valence-electron chi connectivity index (χ3n) is 2.75. The third-order valence-corrected chi connectivity index (χ3v) is 2.75. The molecule has 108 valence electrons. The quantitative estimate of drug-likeness (QED) is 0.660. The van der Waals surface area contributed by atoms with Gasteiger partial charge >= 0.3 is 5.97 Å². The van der Waals surface area contributed by atoms with E-state index in [2.05, 4.69) is 10.3 Å². The highest BCUT2D eigenvalue weighted by atomic mass is 16.5. The molecule has 0 aliphatic heterocycles. The number of pyridine rings is 1. The van der Waals surface area contributed by atoms with E-state index in [1.54, 1.807) is 48.8 Å². The number of hydrogen-bond acceptors (Lipinski definition) is 5. The second-order valence-corrected chi connectivity index (χ2v) is 4.39. The van der Waals surface area contributed by atoms with Crippen LogP contribution in [0, 0.1) is 0 Å². The molecule has 2 aromatic rings. The van der Waals surface area contributed by atoms with Crippen molar-refractivity contribution in [2.75, 3.05) is 11.1 Å². The summed E-state index contributed by atoms with van der Waals surface area (Å²) in [5, 5.41) is 2.63. The number of anilines is 2. The highest BCUT2D eigenvalue weighted by Crippen LogP contribution is 2.10. The van der Waals surface area contributed by atoms with Crippen LogP contribution in [0.15, 0.2) is 48.8 Å². The van der Waals surface area contributed by atoms with Crippen molar-refractivity contribution in [3.63, 3.8) is 0 Å². The number of esters is 1. The number of carbonyl (C=O) groups excluding carboxylic acids is 2. The smallest absolute Gasteiger partial charge is 0.338 e. The van der Waals surface area contributed by atoms with Gasteiger partial charge in [0.2, 0.25) is 0 Å². The Bertz CT molecular complexity index is 626. The van der Waals surface area contributed by atoms with Gasteiger partial charge in [0.25, 0.3) is 5.91 Å². The second-order valence-electron chi connectivity index (χ2n) is 4.39. The Morgan fingerprint density at radius 3 is 2.38 bits per heavy atom. The fraction of sp³-hybridized carbons (Fsp3) is 0.133. The van der Waals surface area contributed by atoms with E-state index in [0.717, 1.165) is 0 Å². The minimum absolute atomic E-state index is 0.341. The van der Waals surface area contributed by atoms with Gasteiger partial charge in [-0.25, -0.2) is 4.79 Å². The average Bonchev–Trinajstić information content (AvgIpc) is 2.48. The minimum Gasteiger partial charge on any atom is -0.449 e. The summed E-state index contributed by atoms with van der Waals surface area (Å²) in [4.78, 5) is 27.6. The predicted octanol–water partition coefficient (Wildman–Crippen LogP) is 1.85. The summed E-state index contributed by atoms with van der Waals surface area (Å²) in [5.74, 6) is -0.989. The molecule has 1 unspecified atom stereocenters. The van der Waals surface area contributed by atoms with Gasteiger partial charge in [-0.1, -0.05) is 0 Å². The molecule has 0 bridgehead atoms. The van der Waals surface area contributed by atoms with Crippen LogP contribution in [-0.4, -0.2) is 23.0 Å². The second kappa shape index (κ2) is 6.51. The van der Waals surface area contributed by atoms with E-state index in [0.29, 0.717) is 16.9 Å². The Labute approximate surface area is 121 Å². The number of nitrogens with zero attached hydrogens (tertiary/aromatic N) is 1. The maximum atomic E-state index is 11.9. The number of nitrogens with one attached hydrogen (secondary N) is 1. The Kier molecular flexibility index (Phi) is 4.50. The molecule has 6 nitrogen and oxygen atoms in total. The van der Waals surface area contributed by atoms with E-state index in [1.807, 2.05) is 0 Å². The van der Waals surface area contributed by atoms with Crippen LogP contribution in [0.5, 0.6) is 0 Å². The van der Waals surface area contributed by atoms with Crippen LogP contribution in [0.25, 0.3) is 0 Å². The molecule has 6 heteroatoms. The van der Waals surface area contributed by atoms with Gasteiger partial charge in [-0.05, 0) is 43.3 Å². The van der Waals surface area contributed by atoms with Crippen LogP contribution < -0.4 is 11.1 Å². The molecule has 1 aromatic heterocycles. The summed E-state index contributed by atoms with van der Waals surface area (Å²) in [6.07, 6.45) is 2.20. The molecule has 1 heterocycles. The number of amides is 1. The zero-order valence-electron chi connectivity index (χ0n) is 11.4. The number of ether oxygens (including phenoxy) is 1. The monoisotopic (exact) mass is 285 g/mol. The summed E-state index contributed by atoms with van der Waals surface area (Å²) in [6.45, 7) is 1.51. The zero-order chi connectivity index (χ0) is 15.2. The number of benzene rings is 1. The van der Waals surface area contributed by atoms with Gasteiger partial charge in [-0.15, -0.1) is 0 Å². The lowest BCUT2D eigenvalue weighted by molar-refractivity contribution is -0.123. The van der Waals surface area contributed by atoms with Crippen LogP contribution in [0.4, 0.5) is 11.4 Å². The van der Waals surface area contributed by atoms with E-state index in [9.17, 15) is 9.59 Å². The first kappa shape index (κ1) is 14.5. The molecule has 0 fully saturated rings. The topological polar surface area (TPSA) is 94.3 Å². The van der Waals surface area contributed by atoms with E-state index in [1.165, 1.54) is 6.92 Å². The number of nitrogens with two attached hydrogens (primary N) is 1. The van der Waals surface area contributed by atoms with Crippen molar-refractivity contribution >= 4 is 23.3 Å². The van der Waals surface area contributed by atoms with Crippen molar-refractivity contribution in [1.29, 1.82) is 0 Å². The highest BCUT2D eigenvalue weighted by molar-refractivity contribution is 5.97. The predicted molar refractivity (Wildman–Crippen MR) is 78.6 cm³/mol. The lowest BCUT2D eigenvalue weighted by atomic mass is 10.2. The third kappa shape index (κ3) is 4.04. The highest BCUT2D eigenvalue weighted by Gasteiger charge is 2.18. The first-order valence-corrected chi connectivity index (χ1v) is 6.33. The fourth-order valence-corrected chi connectivity index (χ4v) is 1.58. The zero-order valence-corrected chi connectivity index (χ0v) is 11.4. The summed E-state index contributed by atoms with van der Waals surface area (Å²) in [6, 6.07) is 9.58. The summed E-state index contributed by atoms with van der Waals surface area (Å²) >= 11 is 0. The summed E-state index contributed by atoms with van der Waals surface area (Å²) in [7, 11) is 0. The van der Waals surface area contributed by atoms with Crippen LogP contribution in [0.1, 0.15) is 17.3 Å². The van der Waals surface area contributed by atoms with Crippen LogP contribution in [0.2, 0.25) is 0 Å². The molecule has 1 aromatic carbocycles. The fourth-order valence-electron chi connectivity index (χ4n) is 1.58. The SMILES string of the molecule is CC(OC(=O)c1ccc(N)cc1)C(=O)Nc1ccncc1. The molecule has 1 atom stereocenters. The molecule has 1 amide bonds. The molecule has 21 heavy (non-hydrogen) atoms. The van der Waals surface area contributed by atoms with Gasteiger partial charge in [0.1, 0.15) is 0 Å². The standard InChI is InChI=1S/C15H15N3O3/c1-10(14(19)18-13-6-8-17-9-7-13)21-15(20)11-2-4-12(16)5-3-11/h2-10H,16H2,1H3,(H,17,18,19). The first-order valence-electron chi connectivity index (χ1n) is 6.33. The van der Waals surface area contributed by atoms with Gasteiger partial charge in [0, 0.05) is 23.8 Å². The van der Waals surface area contributed by atoms with E-state index >= 15 is 0 Å². The van der Waals surface area contributed by atoms with Crippen molar-refractivity contribution in [3.05, 3.63) is 54.4 Å². The Hall–Kier alpha value is -2.89. The summed E-state index contributed by atoms with van der Waals surface area (Å²) < 4.78 is 5.10. The largest absolute Gasteiger partial charge is 0.449 e. The van der Waals surface area contributed by atoms with Gasteiger partial charge < -0.3 is 15.8 Å². The molecule has 0 saturated heterocycles. The molecule has 0 spiro atoms. The molecule has 0 aliphatic carbocycles. The molecular formula is C15H15N3O3. The van der Waals surface area contributed by atoms with Crippen molar-refractivity contribution in [2.45, 2.75) is 13.0 Å². The van der Waals surface area contributed by atoms with Crippen LogP contribution >= 0.6 is 0 Å². The Balaban J connectivity index is 1.94. The Morgan fingerprint density at radius 2 is 1.76 bits per heavy atom. The maximum Gasteiger partial charge on any atom is 0.338 e. The van der Waals surface area contributed by atoms with Crippen molar-refractivity contribution in [1.82, 2.24) is 4.98 Å². The number of nitrogen functional groups attached to an aromatic ring is 1. The van der Waals surface area contributed by atoms with E-state index < -0.39 is 18.0 Å². The molecule has 0 radical (unpaired) electrons. The number of rotatable bonds is 4. The van der Waals surface area contributed by atoms with Crippen LogP contribution in [0.3, 0.4) is 0 Å². The van der Waals surface area contributed by atoms with Crippen molar-refractivity contribution in [2.24, 2.45) is 0 Å².